The lowest BCUT2D eigenvalue weighted by Crippen LogP contribution is -2.49. The highest BCUT2D eigenvalue weighted by Gasteiger charge is 2.35. The minimum absolute atomic E-state index is 0.0972. The van der Waals surface area contributed by atoms with Gasteiger partial charge in [-0.05, 0) is 30.7 Å². The number of aliphatic hydroxyl groups is 1. The first-order valence-electron chi connectivity index (χ1n) is 8.27. The zero-order chi connectivity index (χ0) is 18.0. The van der Waals surface area contributed by atoms with Gasteiger partial charge in [0, 0.05) is 19.3 Å². The maximum atomic E-state index is 12.5. The lowest BCUT2D eigenvalue weighted by molar-refractivity contribution is 0.0239. The molecule has 25 heavy (non-hydrogen) atoms. The zero-order valence-corrected chi connectivity index (χ0v) is 13.9. The number of aromatic nitrogens is 2. The van der Waals surface area contributed by atoms with E-state index in [1.807, 2.05) is 30.3 Å². The quantitative estimate of drug-likeness (QED) is 0.721. The number of nitrogens with zero attached hydrogens (tertiary/aromatic N) is 1. The van der Waals surface area contributed by atoms with E-state index in [9.17, 15) is 19.5 Å². The number of carbonyl (C=O) groups excluding carboxylic acids is 1. The second-order valence-electron chi connectivity index (χ2n) is 6.57. The molecule has 1 fully saturated rings. The third kappa shape index (κ3) is 3.88. The van der Waals surface area contributed by atoms with E-state index >= 15 is 0 Å². The van der Waals surface area contributed by atoms with Crippen molar-refractivity contribution in [3.05, 3.63) is 68.5 Å². The van der Waals surface area contributed by atoms with Gasteiger partial charge in [-0.25, -0.2) is 4.79 Å². The average Bonchev–Trinajstić information content (AvgIpc) is 2.55. The van der Waals surface area contributed by atoms with Crippen LogP contribution in [0, 0.1) is 5.92 Å². The number of aliphatic hydroxyl groups excluding tert-OH is 1. The molecule has 0 spiro atoms. The van der Waals surface area contributed by atoms with Crippen LogP contribution in [0.4, 0.5) is 0 Å². The van der Waals surface area contributed by atoms with Crippen LogP contribution in [0.1, 0.15) is 28.8 Å². The van der Waals surface area contributed by atoms with Crippen LogP contribution < -0.4 is 16.6 Å². The van der Waals surface area contributed by atoms with Gasteiger partial charge in [0.25, 0.3) is 11.5 Å². The Kier molecular flexibility index (Phi) is 4.85. The van der Waals surface area contributed by atoms with Crippen molar-refractivity contribution in [1.29, 1.82) is 0 Å². The number of nitrogens with one attached hydrogen (secondary N) is 2. The summed E-state index contributed by atoms with van der Waals surface area (Å²) in [5, 5.41) is 12.5. The van der Waals surface area contributed by atoms with Crippen LogP contribution in [0.5, 0.6) is 0 Å². The Bertz CT molecular complexity index is 866. The molecule has 7 nitrogen and oxygen atoms in total. The third-order valence-corrected chi connectivity index (χ3v) is 4.69. The summed E-state index contributed by atoms with van der Waals surface area (Å²) in [6.45, 7) is 0. The minimum atomic E-state index is -0.701. The summed E-state index contributed by atoms with van der Waals surface area (Å²) >= 11 is 0. The second-order valence-corrected chi connectivity index (χ2v) is 6.57. The summed E-state index contributed by atoms with van der Waals surface area (Å²) in [5.41, 5.74) is -0.291. The van der Waals surface area contributed by atoms with Gasteiger partial charge in [-0.15, -0.1) is 0 Å². The lowest BCUT2D eigenvalue weighted by atomic mass is 9.75. The van der Waals surface area contributed by atoms with Crippen molar-refractivity contribution < 1.29 is 9.90 Å². The molecular formula is C18H21N3O4. The topological polar surface area (TPSA) is 104 Å². The van der Waals surface area contributed by atoms with E-state index in [4.69, 9.17) is 0 Å². The number of rotatable bonds is 5. The minimum Gasteiger partial charge on any atom is -0.393 e. The largest absolute Gasteiger partial charge is 0.393 e. The summed E-state index contributed by atoms with van der Waals surface area (Å²) in [6, 6.07) is 9.56. The van der Waals surface area contributed by atoms with Crippen LogP contribution >= 0.6 is 0 Å². The Morgan fingerprint density at radius 2 is 2.00 bits per heavy atom. The molecule has 1 aliphatic carbocycles. The molecule has 1 saturated carbocycles. The van der Waals surface area contributed by atoms with Gasteiger partial charge in [-0.3, -0.25) is 14.6 Å². The molecule has 0 radical (unpaired) electrons. The Hall–Kier alpha value is -2.67. The van der Waals surface area contributed by atoms with Crippen LogP contribution in [0.3, 0.4) is 0 Å². The average molecular weight is 343 g/mol. The predicted molar refractivity (Wildman–Crippen MR) is 92.4 cm³/mol. The van der Waals surface area contributed by atoms with Gasteiger partial charge >= 0.3 is 5.69 Å². The zero-order valence-electron chi connectivity index (χ0n) is 13.9. The molecule has 1 aromatic heterocycles. The summed E-state index contributed by atoms with van der Waals surface area (Å²) in [5.74, 6) is -0.357. The first-order chi connectivity index (χ1) is 11.9. The first kappa shape index (κ1) is 17.2. The monoisotopic (exact) mass is 343 g/mol. The Morgan fingerprint density at radius 3 is 2.64 bits per heavy atom. The molecule has 3 N–H and O–H groups in total. The summed E-state index contributed by atoms with van der Waals surface area (Å²) in [7, 11) is 1.47. The van der Waals surface area contributed by atoms with Crippen molar-refractivity contribution >= 4 is 5.91 Å². The molecule has 1 unspecified atom stereocenters. The molecule has 132 valence electrons. The molecule has 2 aromatic rings. The molecule has 3 rings (SSSR count). The molecule has 1 atom stereocenters. The van der Waals surface area contributed by atoms with Gasteiger partial charge in [0.05, 0.1) is 6.10 Å². The smallest absolute Gasteiger partial charge is 0.328 e. The number of hydrogen-bond donors (Lipinski definition) is 3. The van der Waals surface area contributed by atoms with Gasteiger partial charge in [0.15, 0.2) is 0 Å². The number of amides is 1. The van der Waals surface area contributed by atoms with E-state index in [0.717, 1.165) is 10.1 Å². The van der Waals surface area contributed by atoms with E-state index in [1.165, 1.54) is 13.2 Å². The van der Waals surface area contributed by atoms with Crippen molar-refractivity contribution in [2.45, 2.75) is 31.4 Å². The molecule has 7 heteroatoms. The van der Waals surface area contributed by atoms with Crippen LogP contribution in [0.15, 0.2) is 46.1 Å². The number of aryl methyl sites for hydroxylation is 1. The molecule has 0 bridgehead atoms. The Balaban J connectivity index is 1.80. The van der Waals surface area contributed by atoms with Crippen LogP contribution in [-0.4, -0.2) is 32.7 Å². The van der Waals surface area contributed by atoms with Gasteiger partial charge in [0.1, 0.15) is 5.56 Å². The van der Waals surface area contributed by atoms with Gasteiger partial charge in [-0.2, -0.15) is 0 Å². The van der Waals surface area contributed by atoms with Crippen molar-refractivity contribution in [3.63, 3.8) is 0 Å². The molecule has 0 aliphatic heterocycles. The summed E-state index contributed by atoms with van der Waals surface area (Å²) < 4.78 is 1.16. The lowest BCUT2D eigenvalue weighted by Gasteiger charge is -2.38. The summed E-state index contributed by atoms with van der Waals surface area (Å²) in [6.07, 6.45) is 2.78. The normalized spacial score (nSPS) is 20.6. The van der Waals surface area contributed by atoms with E-state index in [0.29, 0.717) is 19.3 Å². The van der Waals surface area contributed by atoms with Crippen molar-refractivity contribution in [1.82, 2.24) is 14.9 Å². The molecular weight excluding hydrogens is 322 g/mol. The van der Waals surface area contributed by atoms with Gasteiger partial charge < -0.3 is 15.0 Å². The molecule has 1 heterocycles. The number of aromatic amines is 1. The van der Waals surface area contributed by atoms with Crippen molar-refractivity contribution in [3.8, 4) is 0 Å². The molecule has 0 saturated heterocycles. The predicted octanol–water partition coefficient (Wildman–Crippen LogP) is 0.186. The van der Waals surface area contributed by atoms with Crippen LogP contribution in [-0.2, 0) is 13.5 Å². The molecule has 1 aliphatic rings. The van der Waals surface area contributed by atoms with Crippen molar-refractivity contribution in [2.75, 3.05) is 0 Å². The Labute approximate surface area is 144 Å². The number of hydrogen-bond acceptors (Lipinski definition) is 4. The van der Waals surface area contributed by atoms with Gasteiger partial charge in [-0.1, -0.05) is 30.3 Å². The fraction of sp³-hybridized carbons (Fsp3) is 0.389. The summed E-state index contributed by atoms with van der Waals surface area (Å²) in [4.78, 5) is 38.0. The number of benzene rings is 1. The van der Waals surface area contributed by atoms with Crippen LogP contribution in [0.25, 0.3) is 0 Å². The SMILES string of the molecule is Cn1cc(C(=O)NC(Cc2ccccc2)C2CC(O)C2)c(=O)[nH]c1=O. The highest BCUT2D eigenvalue weighted by atomic mass is 16.3. The van der Waals surface area contributed by atoms with Crippen molar-refractivity contribution in [2.24, 2.45) is 13.0 Å². The molecule has 1 amide bonds. The van der Waals surface area contributed by atoms with Crippen LogP contribution in [0.2, 0.25) is 0 Å². The van der Waals surface area contributed by atoms with Gasteiger partial charge in [0.2, 0.25) is 0 Å². The van der Waals surface area contributed by atoms with E-state index in [-0.39, 0.29) is 23.6 Å². The highest BCUT2D eigenvalue weighted by molar-refractivity contribution is 5.93. The number of H-pyrrole nitrogens is 1. The maximum absolute atomic E-state index is 12.5. The first-order valence-corrected chi connectivity index (χ1v) is 8.27. The molecule has 1 aromatic carbocycles. The standard InChI is InChI=1S/C18H21N3O4/c1-21-10-14(17(24)20-18(21)25)16(23)19-15(12-8-13(22)9-12)7-11-5-3-2-4-6-11/h2-6,10,12-13,15,22H,7-9H2,1H3,(H,19,23)(H,20,24,25). The Morgan fingerprint density at radius 1 is 1.32 bits per heavy atom. The fourth-order valence-corrected chi connectivity index (χ4v) is 3.13. The van der Waals surface area contributed by atoms with E-state index < -0.39 is 17.2 Å². The third-order valence-electron chi connectivity index (χ3n) is 4.69. The fourth-order valence-electron chi connectivity index (χ4n) is 3.13. The second kappa shape index (κ2) is 7.06. The van der Waals surface area contributed by atoms with E-state index in [1.54, 1.807) is 0 Å². The highest BCUT2D eigenvalue weighted by Crippen LogP contribution is 2.31. The maximum Gasteiger partial charge on any atom is 0.328 e. The number of carbonyl (C=O) groups is 1. The van der Waals surface area contributed by atoms with E-state index in [2.05, 4.69) is 10.3 Å².